The molecule has 3 heteroatoms. The third-order valence-corrected chi connectivity index (χ3v) is 4.59. The summed E-state index contributed by atoms with van der Waals surface area (Å²) in [5, 5.41) is -0.327. The lowest BCUT2D eigenvalue weighted by Gasteiger charge is -2.29. The molecular formula is C17H15ClF2. The van der Waals surface area contributed by atoms with E-state index in [-0.39, 0.29) is 11.3 Å². The molecule has 0 spiro atoms. The van der Waals surface area contributed by atoms with E-state index in [1.165, 1.54) is 17.2 Å². The van der Waals surface area contributed by atoms with Crippen molar-refractivity contribution in [2.45, 2.75) is 30.6 Å². The van der Waals surface area contributed by atoms with Crippen molar-refractivity contribution in [2.75, 3.05) is 0 Å². The minimum absolute atomic E-state index is 0.159. The van der Waals surface area contributed by atoms with E-state index >= 15 is 0 Å². The monoisotopic (exact) mass is 292 g/mol. The van der Waals surface area contributed by atoms with Gasteiger partial charge in [0, 0.05) is 5.92 Å². The molecule has 0 saturated carbocycles. The molecule has 0 bridgehead atoms. The fourth-order valence-electron chi connectivity index (χ4n) is 3.01. The second-order valence-electron chi connectivity index (χ2n) is 5.27. The van der Waals surface area contributed by atoms with Gasteiger partial charge < -0.3 is 0 Å². The largest absolute Gasteiger partial charge is 0.204 e. The number of alkyl halides is 1. The van der Waals surface area contributed by atoms with Gasteiger partial charge in [-0.1, -0.05) is 30.3 Å². The van der Waals surface area contributed by atoms with Crippen LogP contribution in [0.3, 0.4) is 0 Å². The van der Waals surface area contributed by atoms with Gasteiger partial charge in [0.1, 0.15) is 0 Å². The van der Waals surface area contributed by atoms with Gasteiger partial charge in [-0.15, -0.1) is 11.6 Å². The van der Waals surface area contributed by atoms with Gasteiger partial charge in [-0.25, -0.2) is 8.78 Å². The Morgan fingerprint density at radius 1 is 1.05 bits per heavy atom. The molecule has 0 nitrogen and oxygen atoms in total. The highest BCUT2D eigenvalue weighted by molar-refractivity contribution is 6.21. The Labute approximate surface area is 122 Å². The zero-order valence-corrected chi connectivity index (χ0v) is 11.7. The van der Waals surface area contributed by atoms with Gasteiger partial charge in [-0.3, -0.25) is 0 Å². The lowest BCUT2D eigenvalue weighted by molar-refractivity contribution is 0.501. The summed E-state index contributed by atoms with van der Waals surface area (Å²) in [6, 6.07) is 12.2. The van der Waals surface area contributed by atoms with E-state index in [2.05, 4.69) is 12.1 Å². The van der Waals surface area contributed by atoms with Crippen molar-refractivity contribution in [1.29, 1.82) is 0 Å². The summed E-state index contributed by atoms with van der Waals surface area (Å²) >= 11 is 6.55. The highest BCUT2D eigenvalue weighted by Crippen LogP contribution is 2.43. The van der Waals surface area contributed by atoms with Crippen LogP contribution in [0.4, 0.5) is 8.78 Å². The van der Waals surface area contributed by atoms with E-state index in [1.54, 1.807) is 6.07 Å². The predicted octanol–water partition coefficient (Wildman–Crippen LogP) is 5.36. The number of benzene rings is 2. The van der Waals surface area contributed by atoms with Crippen molar-refractivity contribution >= 4 is 11.6 Å². The van der Waals surface area contributed by atoms with E-state index in [0.717, 1.165) is 25.3 Å². The minimum atomic E-state index is -0.836. The van der Waals surface area contributed by atoms with Crippen molar-refractivity contribution in [2.24, 2.45) is 0 Å². The molecule has 0 heterocycles. The second-order valence-corrected chi connectivity index (χ2v) is 5.74. The molecule has 0 amide bonds. The molecule has 0 radical (unpaired) electrons. The summed E-state index contributed by atoms with van der Waals surface area (Å²) in [7, 11) is 0. The minimum Gasteiger partial charge on any atom is -0.204 e. The molecule has 1 aliphatic rings. The summed E-state index contributed by atoms with van der Waals surface area (Å²) in [5.74, 6) is -1.51. The zero-order chi connectivity index (χ0) is 14.1. The van der Waals surface area contributed by atoms with Gasteiger partial charge in [0.2, 0.25) is 0 Å². The summed E-state index contributed by atoms with van der Waals surface area (Å²) < 4.78 is 26.4. The highest BCUT2D eigenvalue weighted by Gasteiger charge is 2.27. The van der Waals surface area contributed by atoms with E-state index in [1.807, 2.05) is 12.1 Å². The molecule has 3 rings (SSSR count). The molecule has 2 unspecified atom stereocenters. The summed E-state index contributed by atoms with van der Waals surface area (Å²) in [5.41, 5.74) is 3.20. The number of hydrogen-bond acceptors (Lipinski definition) is 0. The van der Waals surface area contributed by atoms with E-state index in [9.17, 15) is 8.78 Å². The maximum Gasteiger partial charge on any atom is 0.159 e. The van der Waals surface area contributed by atoms with Crippen LogP contribution in [0.1, 0.15) is 40.8 Å². The average Bonchev–Trinajstić information content (AvgIpc) is 2.49. The molecule has 1 aliphatic carbocycles. The van der Waals surface area contributed by atoms with E-state index in [0.29, 0.717) is 5.56 Å². The van der Waals surface area contributed by atoms with Gasteiger partial charge in [-0.05, 0) is 48.1 Å². The van der Waals surface area contributed by atoms with Gasteiger partial charge >= 0.3 is 0 Å². The molecule has 104 valence electrons. The van der Waals surface area contributed by atoms with E-state index in [4.69, 9.17) is 11.6 Å². The number of fused-ring (bicyclic) bond motifs is 1. The quantitative estimate of drug-likeness (QED) is 0.653. The third kappa shape index (κ3) is 2.45. The Balaban J connectivity index is 1.95. The van der Waals surface area contributed by atoms with Gasteiger partial charge in [-0.2, -0.15) is 0 Å². The highest BCUT2D eigenvalue weighted by atomic mass is 35.5. The summed E-state index contributed by atoms with van der Waals surface area (Å²) in [4.78, 5) is 0. The van der Waals surface area contributed by atoms with Crippen LogP contribution in [0.25, 0.3) is 0 Å². The first-order valence-corrected chi connectivity index (χ1v) is 7.27. The molecular weight excluding hydrogens is 278 g/mol. The zero-order valence-electron chi connectivity index (χ0n) is 11.0. The van der Waals surface area contributed by atoms with Gasteiger partial charge in [0.05, 0.1) is 5.38 Å². The normalized spacial score (nSPS) is 19.4. The lowest BCUT2D eigenvalue weighted by Crippen LogP contribution is -2.14. The Hall–Kier alpha value is -1.41. The average molecular weight is 293 g/mol. The van der Waals surface area contributed by atoms with E-state index < -0.39 is 11.6 Å². The second kappa shape index (κ2) is 5.53. The maximum atomic E-state index is 13.4. The molecule has 2 aromatic rings. The molecule has 0 aromatic heterocycles. The first-order valence-electron chi connectivity index (χ1n) is 6.83. The van der Waals surface area contributed by atoms with Crippen LogP contribution < -0.4 is 0 Å². The van der Waals surface area contributed by atoms with Crippen LogP contribution >= 0.6 is 11.6 Å². The van der Waals surface area contributed by atoms with Gasteiger partial charge in [0.15, 0.2) is 11.6 Å². The van der Waals surface area contributed by atoms with Gasteiger partial charge in [0.25, 0.3) is 0 Å². The lowest BCUT2D eigenvalue weighted by atomic mass is 9.79. The van der Waals surface area contributed by atoms with Crippen LogP contribution in [-0.4, -0.2) is 0 Å². The molecule has 0 aliphatic heterocycles. The Kier molecular flexibility index (Phi) is 3.75. The third-order valence-electron chi connectivity index (χ3n) is 4.03. The fourth-order valence-corrected chi connectivity index (χ4v) is 3.41. The number of aryl methyl sites for hydroxylation is 1. The van der Waals surface area contributed by atoms with Crippen molar-refractivity contribution < 1.29 is 8.78 Å². The molecule has 0 N–H and O–H groups in total. The van der Waals surface area contributed by atoms with Crippen molar-refractivity contribution in [3.05, 3.63) is 70.8 Å². The Bertz CT molecular complexity index is 624. The van der Waals surface area contributed by atoms with Crippen LogP contribution in [0.15, 0.2) is 42.5 Å². The number of halogens is 3. The van der Waals surface area contributed by atoms with Crippen LogP contribution in [0, 0.1) is 11.6 Å². The summed E-state index contributed by atoms with van der Waals surface area (Å²) in [6.07, 6.45) is 3.12. The number of rotatable bonds is 2. The first kappa shape index (κ1) is 13.6. The predicted molar refractivity (Wildman–Crippen MR) is 77.1 cm³/mol. The Morgan fingerprint density at radius 2 is 1.85 bits per heavy atom. The molecule has 0 saturated heterocycles. The van der Waals surface area contributed by atoms with Crippen molar-refractivity contribution in [1.82, 2.24) is 0 Å². The Morgan fingerprint density at radius 3 is 2.65 bits per heavy atom. The van der Waals surface area contributed by atoms with Crippen LogP contribution in [0.2, 0.25) is 0 Å². The maximum absolute atomic E-state index is 13.4. The number of hydrogen-bond donors (Lipinski definition) is 0. The van der Waals surface area contributed by atoms with Crippen LogP contribution in [0.5, 0.6) is 0 Å². The molecule has 0 fully saturated rings. The van der Waals surface area contributed by atoms with Crippen LogP contribution in [-0.2, 0) is 6.42 Å². The van der Waals surface area contributed by atoms with Crippen molar-refractivity contribution in [3.8, 4) is 0 Å². The SMILES string of the molecule is Fc1ccc(C(Cl)C2CCCc3ccccc32)cc1F. The first-order chi connectivity index (χ1) is 9.66. The smallest absolute Gasteiger partial charge is 0.159 e. The fraction of sp³-hybridized carbons (Fsp3) is 0.294. The standard InChI is InChI=1S/C17H15ClF2/c18-17(12-8-9-15(19)16(20)10-12)14-7-3-5-11-4-1-2-6-13(11)14/h1-2,4,6,8-10,14,17H,3,5,7H2. The topological polar surface area (TPSA) is 0 Å². The molecule has 20 heavy (non-hydrogen) atoms. The summed E-state index contributed by atoms with van der Waals surface area (Å²) in [6.45, 7) is 0. The molecule has 2 aromatic carbocycles. The van der Waals surface area contributed by atoms with Crippen molar-refractivity contribution in [3.63, 3.8) is 0 Å². The molecule has 2 atom stereocenters.